The molecule has 0 saturated carbocycles. The van der Waals surface area contributed by atoms with E-state index < -0.39 is 0 Å². The number of ether oxygens (including phenoxy) is 1. The standard InChI is InChI=1S/C15H18N2O/c1-11-5-3-4-6-14(11)18-15-8-7-13(10-17-15)9-12(2)16/h3-8,10,12H,9,16H2,1-2H3. The lowest BCUT2D eigenvalue weighted by Gasteiger charge is -2.08. The first-order chi connectivity index (χ1) is 8.65. The zero-order valence-electron chi connectivity index (χ0n) is 10.8. The largest absolute Gasteiger partial charge is 0.439 e. The molecule has 2 rings (SSSR count). The van der Waals surface area contributed by atoms with Crippen LogP contribution in [-0.2, 0) is 6.42 Å². The van der Waals surface area contributed by atoms with E-state index in [0.29, 0.717) is 5.88 Å². The highest BCUT2D eigenvalue weighted by atomic mass is 16.5. The summed E-state index contributed by atoms with van der Waals surface area (Å²) in [5, 5.41) is 0. The van der Waals surface area contributed by atoms with Gasteiger partial charge < -0.3 is 10.5 Å². The van der Waals surface area contributed by atoms with Crippen LogP contribution in [0.5, 0.6) is 11.6 Å². The Kier molecular flexibility index (Phi) is 3.95. The molecule has 1 aromatic carbocycles. The number of benzene rings is 1. The van der Waals surface area contributed by atoms with E-state index >= 15 is 0 Å². The molecule has 1 atom stereocenters. The minimum Gasteiger partial charge on any atom is -0.439 e. The number of nitrogens with zero attached hydrogens (tertiary/aromatic N) is 1. The molecule has 0 aliphatic carbocycles. The third kappa shape index (κ3) is 3.31. The number of hydrogen-bond donors (Lipinski definition) is 1. The molecule has 0 saturated heterocycles. The predicted octanol–water partition coefficient (Wildman–Crippen LogP) is 3.07. The number of nitrogens with two attached hydrogens (primary N) is 1. The van der Waals surface area contributed by atoms with Crippen LogP contribution in [0.2, 0.25) is 0 Å². The third-order valence-electron chi connectivity index (χ3n) is 2.66. The Morgan fingerprint density at radius 1 is 1.22 bits per heavy atom. The van der Waals surface area contributed by atoms with E-state index in [1.54, 1.807) is 0 Å². The monoisotopic (exact) mass is 242 g/mol. The number of aromatic nitrogens is 1. The lowest BCUT2D eigenvalue weighted by molar-refractivity contribution is 0.459. The number of rotatable bonds is 4. The first kappa shape index (κ1) is 12.6. The lowest BCUT2D eigenvalue weighted by Crippen LogP contribution is -2.17. The zero-order valence-corrected chi connectivity index (χ0v) is 10.8. The van der Waals surface area contributed by atoms with Gasteiger partial charge in [0.1, 0.15) is 5.75 Å². The first-order valence-electron chi connectivity index (χ1n) is 6.09. The van der Waals surface area contributed by atoms with Gasteiger partial charge in [-0.05, 0) is 37.5 Å². The van der Waals surface area contributed by atoms with Crippen molar-refractivity contribution < 1.29 is 4.74 Å². The average molecular weight is 242 g/mol. The van der Waals surface area contributed by atoms with Gasteiger partial charge in [-0.15, -0.1) is 0 Å². The summed E-state index contributed by atoms with van der Waals surface area (Å²) in [5.74, 6) is 1.45. The third-order valence-corrected chi connectivity index (χ3v) is 2.66. The Hall–Kier alpha value is -1.87. The maximum absolute atomic E-state index is 5.75. The summed E-state index contributed by atoms with van der Waals surface area (Å²) in [6.07, 6.45) is 2.65. The molecule has 2 aromatic rings. The van der Waals surface area contributed by atoms with Crippen LogP contribution in [0.15, 0.2) is 42.6 Å². The Labute approximate surface area is 108 Å². The summed E-state index contributed by atoms with van der Waals surface area (Å²) in [7, 11) is 0. The number of para-hydroxylation sites is 1. The van der Waals surface area contributed by atoms with E-state index in [9.17, 15) is 0 Å². The molecule has 94 valence electrons. The topological polar surface area (TPSA) is 48.1 Å². The number of hydrogen-bond acceptors (Lipinski definition) is 3. The summed E-state index contributed by atoms with van der Waals surface area (Å²) >= 11 is 0. The lowest BCUT2D eigenvalue weighted by atomic mass is 10.1. The molecule has 3 heteroatoms. The van der Waals surface area contributed by atoms with Crippen molar-refractivity contribution in [3.8, 4) is 11.6 Å². The molecule has 1 unspecified atom stereocenters. The van der Waals surface area contributed by atoms with E-state index in [1.807, 2.05) is 56.4 Å². The van der Waals surface area contributed by atoms with Gasteiger partial charge in [0.05, 0.1) is 0 Å². The first-order valence-corrected chi connectivity index (χ1v) is 6.09. The fraction of sp³-hybridized carbons (Fsp3) is 0.267. The van der Waals surface area contributed by atoms with Crippen molar-refractivity contribution >= 4 is 0 Å². The molecule has 2 N–H and O–H groups in total. The maximum Gasteiger partial charge on any atom is 0.219 e. The second-order valence-electron chi connectivity index (χ2n) is 4.55. The van der Waals surface area contributed by atoms with E-state index in [0.717, 1.165) is 23.3 Å². The van der Waals surface area contributed by atoms with Gasteiger partial charge in [-0.25, -0.2) is 4.98 Å². The smallest absolute Gasteiger partial charge is 0.219 e. The molecule has 0 aliphatic rings. The molecule has 18 heavy (non-hydrogen) atoms. The number of aryl methyl sites for hydroxylation is 1. The minimum atomic E-state index is 0.148. The highest BCUT2D eigenvalue weighted by Crippen LogP contribution is 2.22. The van der Waals surface area contributed by atoms with Crippen molar-refractivity contribution in [1.82, 2.24) is 4.98 Å². The van der Waals surface area contributed by atoms with E-state index in [4.69, 9.17) is 10.5 Å². The molecular weight excluding hydrogens is 224 g/mol. The summed E-state index contributed by atoms with van der Waals surface area (Å²) in [4.78, 5) is 4.29. The second kappa shape index (κ2) is 5.65. The molecule has 0 radical (unpaired) electrons. The van der Waals surface area contributed by atoms with Crippen LogP contribution in [0, 0.1) is 6.92 Å². The van der Waals surface area contributed by atoms with E-state index in [1.165, 1.54) is 0 Å². The van der Waals surface area contributed by atoms with Crippen LogP contribution in [0.4, 0.5) is 0 Å². The molecule has 0 bridgehead atoms. The molecule has 3 nitrogen and oxygen atoms in total. The predicted molar refractivity (Wildman–Crippen MR) is 72.8 cm³/mol. The SMILES string of the molecule is Cc1ccccc1Oc1ccc(CC(C)N)cn1. The fourth-order valence-electron chi connectivity index (χ4n) is 1.75. The van der Waals surface area contributed by atoms with Crippen LogP contribution >= 0.6 is 0 Å². The van der Waals surface area contributed by atoms with Crippen LogP contribution in [0.25, 0.3) is 0 Å². The zero-order chi connectivity index (χ0) is 13.0. The normalized spacial score (nSPS) is 12.2. The van der Waals surface area contributed by atoms with Crippen LogP contribution in [0.1, 0.15) is 18.1 Å². The molecule has 0 spiro atoms. The van der Waals surface area contributed by atoms with Gasteiger partial charge in [0.25, 0.3) is 0 Å². The summed E-state index contributed by atoms with van der Waals surface area (Å²) < 4.78 is 5.73. The molecule has 1 heterocycles. The summed E-state index contributed by atoms with van der Waals surface area (Å²) in [6.45, 7) is 4.00. The van der Waals surface area contributed by atoms with Crippen molar-refractivity contribution in [2.24, 2.45) is 5.73 Å². The highest BCUT2D eigenvalue weighted by Gasteiger charge is 2.03. The van der Waals surface area contributed by atoms with Gasteiger partial charge in [0, 0.05) is 18.3 Å². The summed E-state index contributed by atoms with van der Waals surface area (Å²) in [6, 6.07) is 11.9. The van der Waals surface area contributed by atoms with Gasteiger partial charge in [0.15, 0.2) is 0 Å². The van der Waals surface area contributed by atoms with Crippen molar-refractivity contribution in [3.05, 3.63) is 53.7 Å². The minimum absolute atomic E-state index is 0.148. The molecule has 0 fully saturated rings. The molecular formula is C15H18N2O. The molecule has 0 amide bonds. The van der Waals surface area contributed by atoms with Gasteiger partial charge in [-0.3, -0.25) is 0 Å². The van der Waals surface area contributed by atoms with Crippen molar-refractivity contribution in [2.45, 2.75) is 26.3 Å². The Morgan fingerprint density at radius 2 is 2.00 bits per heavy atom. The quantitative estimate of drug-likeness (QED) is 0.896. The van der Waals surface area contributed by atoms with Gasteiger partial charge in [-0.2, -0.15) is 0 Å². The van der Waals surface area contributed by atoms with Gasteiger partial charge in [-0.1, -0.05) is 24.3 Å². The summed E-state index contributed by atoms with van der Waals surface area (Å²) in [5.41, 5.74) is 7.97. The molecule has 1 aromatic heterocycles. The van der Waals surface area contributed by atoms with Crippen molar-refractivity contribution in [1.29, 1.82) is 0 Å². The van der Waals surface area contributed by atoms with Gasteiger partial charge in [0.2, 0.25) is 5.88 Å². The van der Waals surface area contributed by atoms with Crippen molar-refractivity contribution in [2.75, 3.05) is 0 Å². The van der Waals surface area contributed by atoms with Crippen molar-refractivity contribution in [3.63, 3.8) is 0 Å². The average Bonchev–Trinajstić information content (AvgIpc) is 2.34. The van der Waals surface area contributed by atoms with Crippen LogP contribution in [0.3, 0.4) is 0 Å². The van der Waals surface area contributed by atoms with Crippen LogP contribution < -0.4 is 10.5 Å². The number of pyridine rings is 1. The second-order valence-corrected chi connectivity index (χ2v) is 4.55. The fourth-order valence-corrected chi connectivity index (χ4v) is 1.75. The van der Waals surface area contributed by atoms with Gasteiger partial charge >= 0.3 is 0 Å². The molecule has 0 aliphatic heterocycles. The van der Waals surface area contributed by atoms with Crippen LogP contribution in [-0.4, -0.2) is 11.0 Å². The Morgan fingerprint density at radius 3 is 2.61 bits per heavy atom. The Bertz CT molecular complexity index is 506. The van der Waals surface area contributed by atoms with E-state index in [-0.39, 0.29) is 6.04 Å². The Balaban J connectivity index is 2.09. The maximum atomic E-state index is 5.75. The highest BCUT2D eigenvalue weighted by molar-refractivity contribution is 5.35. The van der Waals surface area contributed by atoms with E-state index in [2.05, 4.69) is 4.98 Å².